The van der Waals surface area contributed by atoms with Gasteiger partial charge < -0.3 is 19.2 Å². The largest absolute Gasteiger partial charge is 0.448 e. The van der Waals surface area contributed by atoms with Gasteiger partial charge in [-0.3, -0.25) is 9.69 Å². The van der Waals surface area contributed by atoms with Crippen molar-refractivity contribution in [3.05, 3.63) is 12.7 Å². The maximum Gasteiger partial charge on any atom is 0.410 e. The fourth-order valence-electron chi connectivity index (χ4n) is 2.63. The Balaban J connectivity index is 2.11. The summed E-state index contributed by atoms with van der Waals surface area (Å²) in [5, 5.41) is 0. The van der Waals surface area contributed by atoms with Gasteiger partial charge in [0, 0.05) is 6.42 Å². The number of likely N-dealkylation sites (tertiary alicyclic amines) is 1. The first-order chi connectivity index (χ1) is 9.65. The SMILES string of the molecule is C=CC1C(N2CCOC2=O)C(=O)N1[C@H](C=O)CCC=O. The lowest BCUT2D eigenvalue weighted by Gasteiger charge is -2.50. The van der Waals surface area contributed by atoms with Crippen LogP contribution in [0.3, 0.4) is 0 Å². The number of amides is 2. The highest BCUT2D eigenvalue weighted by molar-refractivity contribution is 5.95. The van der Waals surface area contributed by atoms with Crippen LogP contribution >= 0.6 is 0 Å². The van der Waals surface area contributed by atoms with Gasteiger partial charge in [0.1, 0.15) is 25.2 Å². The van der Waals surface area contributed by atoms with Crippen molar-refractivity contribution in [3.63, 3.8) is 0 Å². The smallest absolute Gasteiger partial charge is 0.410 e. The number of rotatable bonds is 7. The number of hydrogen-bond donors (Lipinski definition) is 0. The topological polar surface area (TPSA) is 84.0 Å². The lowest BCUT2D eigenvalue weighted by Crippen LogP contribution is -2.72. The molecule has 20 heavy (non-hydrogen) atoms. The fraction of sp³-hybridized carbons (Fsp3) is 0.538. The maximum atomic E-state index is 12.2. The highest BCUT2D eigenvalue weighted by atomic mass is 16.6. The quantitative estimate of drug-likeness (QED) is 0.365. The Morgan fingerprint density at radius 3 is 2.65 bits per heavy atom. The highest BCUT2D eigenvalue weighted by Gasteiger charge is 2.54. The first-order valence-electron chi connectivity index (χ1n) is 6.42. The average molecular weight is 280 g/mol. The molecule has 0 aromatic heterocycles. The van der Waals surface area contributed by atoms with Crippen molar-refractivity contribution >= 4 is 24.6 Å². The molecule has 0 spiro atoms. The van der Waals surface area contributed by atoms with Crippen LogP contribution in [-0.2, 0) is 19.1 Å². The second-order valence-corrected chi connectivity index (χ2v) is 4.67. The van der Waals surface area contributed by atoms with E-state index in [4.69, 9.17) is 4.74 Å². The van der Waals surface area contributed by atoms with Gasteiger partial charge in [0.2, 0.25) is 5.91 Å². The Hall–Kier alpha value is -2.18. The summed E-state index contributed by atoms with van der Waals surface area (Å²) in [6.07, 6.45) is 2.85. The highest BCUT2D eigenvalue weighted by Crippen LogP contribution is 2.30. The molecule has 2 heterocycles. The van der Waals surface area contributed by atoms with E-state index in [2.05, 4.69) is 6.58 Å². The molecule has 108 valence electrons. The van der Waals surface area contributed by atoms with E-state index >= 15 is 0 Å². The summed E-state index contributed by atoms with van der Waals surface area (Å²) < 4.78 is 4.82. The third-order valence-corrected chi connectivity index (χ3v) is 3.62. The molecule has 2 aliphatic heterocycles. The molecule has 3 atom stereocenters. The summed E-state index contributed by atoms with van der Waals surface area (Å²) in [7, 11) is 0. The van der Waals surface area contributed by atoms with Crippen LogP contribution in [0.2, 0.25) is 0 Å². The summed E-state index contributed by atoms with van der Waals surface area (Å²) in [5.41, 5.74) is 0. The molecule has 2 rings (SSSR count). The van der Waals surface area contributed by atoms with Crippen LogP contribution in [0.15, 0.2) is 12.7 Å². The first-order valence-corrected chi connectivity index (χ1v) is 6.42. The molecule has 0 aliphatic carbocycles. The van der Waals surface area contributed by atoms with E-state index < -0.39 is 24.2 Å². The van der Waals surface area contributed by atoms with Crippen LogP contribution in [0.5, 0.6) is 0 Å². The Bertz CT molecular complexity index is 450. The second kappa shape index (κ2) is 5.85. The Labute approximate surface area is 116 Å². The molecule has 2 unspecified atom stereocenters. The molecule has 0 N–H and O–H groups in total. The van der Waals surface area contributed by atoms with Gasteiger partial charge in [-0.2, -0.15) is 0 Å². The summed E-state index contributed by atoms with van der Waals surface area (Å²) in [6, 6.07) is -1.73. The molecule has 0 aromatic rings. The molecule has 2 amide bonds. The molecule has 2 saturated heterocycles. The number of aldehydes is 2. The van der Waals surface area contributed by atoms with Crippen LogP contribution in [-0.4, -0.2) is 65.6 Å². The minimum absolute atomic E-state index is 0.202. The molecule has 7 heteroatoms. The third-order valence-electron chi connectivity index (χ3n) is 3.62. The van der Waals surface area contributed by atoms with Crippen LogP contribution < -0.4 is 0 Å². The predicted octanol–water partition coefficient (Wildman–Crippen LogP) is -0.249. The van der Waals surface area contributed by atoms with Gasteiger partial charge in [0.05, 0.1) is 18.6 Å². The van der Waals surface area contributed by atoms with Crippen LogP contribution in [0, 0.1) is 0 Å². The van der Waals surface area contributed by atoms with E-state index in [0.717, 1.165) is 0 Å². The number of cyclic esters (lactones) is 1. The number of β-lactam (4-membered cyclic amide) rings is 1. The van der Waals surface area contributed by atoms with Crippen molar-refractivity contribution in [2.75, 3.05) is 13.2 Å². The minimum atomic E-state index is -0.662. The van der Waals surface area contributed by atoms with Gasteiger partial charge >= 0.3 is 6.09 Å². The van der Waals surface area contributed by atoms with Crippen molar-refractivity contribution in [2.24, 2.45) is 0 Å². The van der Waals surface area contributed by atoms with Crippen LogP contribution in [0.25, 0.3) is 0 Å². The normalized spacial score (nSPS) is 26.8. The minimum Gasteiger partial charge on any atom is -0.448 e. The van der Waals surface area contributed by atoms with Crippen molar-refractivity contribution in [1.82, 2.24) is 9.80 Å². The third kappa shape index (κ3) is 2.19. The van der Waals surface area contributed by atoms with Crippen molar-refractivity contribution in [2.45, 2.75) is 31.0 Å². The predicted molar refractivity (Wildman–Crippen MR) is 67.8 cm³/mol. The molecular formula is C13H16N2O5. The number of hydrogen-bond acceptors (Lipinski definition) is 5. The number of carbonyl (C=O) groups is 4. The molecule has 0 aromatic carbocycles. The maximum absolute atomic E-state index is 12.2. The van der Waals surface area contributed by atoms with Gasteiger partial charge in [0.25, 0.3) is 0 Å². The summed E-state index contributed by atoms with van der Waals surface area (Å²) >= 11 is 0. The van der Waals surface area contributed by atoms with E-state index in [1.165, 1.54) is 15.9 Å². The lowest BCUT2D eigenvalue weighted by molar-refractivity contribution is -0.159. The summed E-state index contributed by atoms with van der Waals surface area (Å²) in [5.74, 6) is -0.309. The van der Waals surface area contributed by atoms with Crippen LogP contribution in [0.1, 0.15) is 12.8 Å². The van der Waals surface area contributed by atoms with Crippen molar-refractivity contribution in [1.29, 1.82) is 0 Å². The lowest BCUT2D eigenvalue weighted by atomic mass is 9.90. The first kappa shape index (κ1) is 14.2. The Kier molecular flexibility index (Phi) is 4.16. The standard InChI is InChI=1S/C13H16N2O5/c1-2-10-11(14-5-7-20-13(14)19)12(18)15(10)9(8-17)4-3-6-16/h2,6,8-11H,1,3-5,7H2/t9-,10?,11?/m0/s1. The van der Waals surface area contributed by atoms with E-state index in [0.29, 0.717) is 19.1 Å². The monoisotopic (exact) mass is 280 g/mol. The van der Waals surface area contributed by atoms with Gasteiger partial charge in [-0.25, -0.2) is 4.79 Å². The number of ether oxygens (including phenoxy) is 1. The Morgan fingerprint density at radius 1 is 1.40 bits per heavy atom. The zero-order valence-electron chi connectivity index (χ0n) is 10.9. The van der Waals surface area contributed by atoms with Gasteiger partial charge in [-0.15, -0.1) is 6.58 Å². The van der Waals surface area contributed by atoms with E-state index in [1.807, 2.05) is 0 Å². The molecule has 2 aliphatic rings. The second-order valence-electron chi connectivity index (χ2n) is 4.67. The summed E-state index contributed by atoms with van der Waals surface area (Å²) in [4.78, 5) is 47.9. The van der Waals surface area contributed by atoms with Gasteiger partial charge in [0.15, 0.2) is 0 Å². The van der Waals surface area contributed by atoms with Gasteiger partial charge in [-0.1, -0.05) is 6.08 Å². The van der Waals surface area contributed by atoms with Crippen LogP contribution in [0.4, 0.5) is 4.79 Å². The Morgan fingerprint density at radius 2 is 2.15 bits per heavy atom. The summed E-state index contributed by atoms with van der Waals surface area (Å²) in [6.45, 7) is 4.27. The molecule has 0 saturated carbocycles. The van der Waals surface area contributed by atoms with E-state index in [-0.39, 0.29) is 25.4 Å². The average Bonchev–Trinajstić information content (AvgIpc) is 2.85. The van der Waals surface area contributed by atoms with Gasteiger partial charge in [-0.05, 0) is 6.42 Å². The zero-order chi connectivity index (χ0) is 14.7. The number of nitrogens with zero attached hydrogens (tertiary/aromatic N) is 2. The molecule has 0 bridgehead atoms. The number of carbonyl (C=O) groups excluding carboxylic acids is 4. The molecule has 2 fully saturated rings. The molecular weight excluding hydrogens is 264 g/mol. The zero-order valence-corrected chi connectivity index (χ0v) is 10.9. The fourth-order valence-corrected chi connectivity index (χ4v) is 2.63. The molecule has 0 radical (unpaired) electrons. The van der Waals surface area contributed by atoms with E-state index in [1.54, 1.807) is 0 Å². The van der Waals surface area contributed by atoms with Crippen molar-refractivity contribution < 1.29 is 23.9 Å². The molecule has 7 nitrogen and oxygen atoms in total. The van der Waals surface area contributed by atoms with Crippen molar-refractivity contribution in [3.8, 4) is 0 Å². The van der Waals surface area contributed by atoms with E-state index in [9.17, 15) is 19.2 Å².